The highest BCUT2D eigenvalue weighted by atomic mass is 15.2. The zero-order valence-electron chi connectivity index (χ0n) is 11.5. The number of aromatic nitrogens is 3. The predicted octanol–water partition coefficient (Wildman–Crippen LogP) is 1.74. The van der Waals surface area contributed by atoms with Gasteiger partial charge >= 0.3 is 0 Å². The molecule has 0 spiro atoms. The molecule has 0 bridgehead atoms. The lowest BCUT2D eigenvalue weighted by molar-refractivity contribution is 0.514. The highest BCUT2D eigenvalue weighted by molar-refractivity contribution is 5.25. The molecular formula is C14H21N5. The fourth-order valence-corrected chi connectivity index (χ4v) is 2.26. The van der Waals surface area contributed by atoms with E-state index in [1.807, 2.05) is 24.7 Å². The largest absolute Gasteiger partial charge is 0.335 e. The molecule has 2 aromatic heterocycles. The maximum atomic E-state index is 5.70. The van der Waals surface area contributed by atoms with Crippen molar-refractivity contribution in [3.05, 3.63) is 47.8 Å². The summed E-state index contributed by atoms with van der Waals surface area (Å²) in [5.41, 5.74) is 5.18. The molecule has 0 fully saturated rings. The minimum atomic E-state index is 0.0340. The third kappa shape index (κ3) is 3.19. The molecule has 0 radical (unpaired) electrons. The minimum Gasteiger partial charge on any atom is -0.335 e. The highest BCUT2D eigenvalue weighted by Crippen LogP contribution is 2.19. The lowest BCUT2D eigenvalue weighted by Crippen LogP contribution is -2.31. The molecule has 0 aliphatic rings. The first-order valence-corrected chi connectivity index (χ1v) is 6.63. The maximum Gasteiger partial charge on any atom is 0.110 e. The number of rotatable bonds is 6. The standard InChI is InChI=1S/C14H21N5/c1-3-7-19-8-6-17-14(19)9-13(18-15)12-10-16-5-4-11(12)2/h4-6,8,10,13,18H,3,7,9,15H2,1-2H3. The maximum absolute atomic E-state index is 5.70. The molecule has 3 N–H and O–H groups in total. The molecule has 2 heterocycles. The fourth-order valence-electron chi connectivity index (χ4n) is 2.26. The molecule has 1 atom stereocenters. The van der Waals surface area contributed by atoms with Crippen LogP contribution >= 0.6 is 0 Å². The number of hydrogen-bond donors (Lipinski definition) is 2. The van der Waals surface area contributed by atoms with Gasteiger partial charge in [-0.3, -0.25) is 16.3 Å². The van der Waals surface area contributed by atoms with Gasteiger partial charge in [0.2, 0.25) is 0 Å². The SMILES string of the molecule is CCCn1ccnc1CC(NN)c1cnccc1C. The Morgan fingerprint density at radius 1 is 1.42 bits per heavy atom. The second-order valence-corrected chi connectivity index (χ2v) is 4.69. The van der Waals surface area contributed by atoms with E-state index in [0.29, 0.717) is 0 Å². The van der Waals surface area contributed by atoms with Crippen LogP contribution in [0.1, 0.15) is 36.3 Å². The average Bonchev–Trinajstić information content (AvgIpc) is 2.85. The molecule has 102 valence electrons. The van der Waals surface area contributed by atoms with Crippen molar-refractivity contribution in [1.82, 2.24) is 20.0 Å². The first-order valence-electron chi connectivity index (χ1n) is 6.63. The second kappa shape index (κ2) is 6.45. The summed E-state index contributed by atoms with van der Waals surface area (Å²) in [6.45, 7) is 5.21. The topological polar surface area (TPSA) is 68.8 Å². The van der Waals surface area contributed by atoms with Crippen molar-refractivity contribution in [2.24, 2.45) is 5.84 Å². The van der Waals surface area contributed by atoms with Crippen LogP contribution < -0.4 is 11.3 Å². The molecule has 19 heavy (non-hydrogen) atoms. The number of pyridine rings is 1. The van der Waals surface area contributed by atoms with E-state index in [-0.39, 0.29) is 6.04 Å². The van der Waals surface area contributed by atoms with Crippen LogP contribution in [0.2, 0.25) is 0 Å². The van der Waals surface area contributed by atoms with Gasteiger partial charge in [-0.1, -0.05) is 6.92 Å². The van der Waals surface area contributed by atoms with Crippen molar-refractivity contribution in [1.29, 1.82) is 0 Å². The van der Waals surface area contributed by atoms with Crippen LogP contribution in [0.4, 0.5) is 0 Å². The van der Waals surface area contributed by atoms with Crippen LogP contribution in [-0.4, -0.2) is 14.5 Å². The summed E-state index contributed by atoms with van der Waals surface area (Å²) in [5, 5.41) is 0. The zero-order chi connectivity index (χ0) is 13.7. The van der Waals surface area contributed by atoms with Gasteiger partial charge in [-0.15, -0.1) is 0 Å². The van der Waals surface area contributed by atoms with Crippen molar-refractivity contribution >= 4 is 0 Å². The molecule has 0 saturated carbocycles. The smallest absolute Gasteiger partial charge is 0.110 e. The van der Waals surface area contributed by atoms with E-state index < -0.39 is 0 Å². The molecule has 2 aromatic rings. The lowest BCUT2D eigenvalue weighted by Gasteiger charge is -2.18. The summed E-state index contributed by atoms with van der Waals surface area (Å²) in [6, 6.07) is 2.03. The number of nitrogens with one attached hydrogen (secondary N) is 1. The van der Waals surface area contributed by atoms with Gasteiger partial charge < -0.3 is 4.57 Å². The van der Waals surface area contributed by atoms with Crippen LogP contribution in [0, 0.1) is 6.92 Å². The van der Waals surface area contributed by atoms with Crippen LogP contribution in [0.15, 0.2) is 30.9 Å². The Bertz CT molecular complexity index is 520. The van der Waals surface area contributed by atoms with Gasteiger partial charge in [0, 0.05) is 37.8 Å². The van der Waals surface area contributed by atoms with E-state index >= 15 is 0 Å². The minimum absolute atomic E-state index is 0.0340. The van der Waals surface area contributed by atoms with Crippen LogP contribution in [-0.2, 0) is 13.0 Å². The Morgan fingerprint density at radius 3 is 2.95 bits per heavy atom. The van der Waals surface area contributed by atoms with Crippen LogP contribution in [0.25, 0.3) is 0 Å². The molecule has 5 nitrogen and oxygen atoms in total. The summed E-state index contributed by atoms with van der Waals surface area (Å²) < 4.78 is 2.18. The second-order valence-electron chi connectivity index (χ2n) is 4.69. The molecular weight excluding hydrogens is 238 g/mol. The Morgan fingerprint density at radius 2 is 2.26 bits per heavy atom. The molecule has 5 heteroatoms. The van der Waals surface area contributed by atoms with Gasteiger partial charge in [-0.05, 0) is 30.5 Å². The van der Waals surface area contributed by atoms with E-state index in [0.717, 1.165) is 30.8 Å². The first kappa shape index (κ1) is 13.7. The summed E-state index contributed by atoms with van der Waals surface area (Å²) in [4.78, 5) is 8.60. The van der Waals surface area contributed by atoms with Gasteiger partial charge in [0.15, 0.2) is 0 Å². The average molecular weight is 259 g/mol. The van der Waals surface area contributed by atoms with E-state index in [4.69, 9.17) is 5.84 Å². The van der Waals surface area contributed by atoms with E-state index in [2.05, 4.69) is 33.8 Å². The van der Waals surface area contributed by atoms with Crippen LogP contribution in [0.5, 0.6) is 0 Å². The van der Waals surface area contributed by atoms with Gasteiger partial charge in [0.1, 0.15) is 5.82 Å². The van der Waals surface area contributed by atoms with E-state index in [1.165, 1.54) is 5.56 Å². The van der Waals surface area contributed by atoms with E-state index in [9.17, 15) is 0 Å². The van der Waals surface area contributed by atoms with Crippen LogP contribution in [0.3, 0.4) is 0 Å². The van der Waals surface area contributed by atoms with Crippen molar-refractivity contribution in [3.63, 3.8) is 0 Å². The third-order valence-electron chi connectivity index (χ3n) is 3.31. The van der Waals surface area contributed by atoms with Gasteiger partial charge in [-0.2, -0.15) is 0 Å². The normalized spacial score (nSPS) is 12.6. The van der Waals surface area contributed by atoms with Crippen molar-refractivity contribution in [2.75, 3.05) is 0 Å². The number of nitrogens with zero attached hydrogens (tertiary/aromatic N) is 3. The van der Waals surface area contributed by atoms with Gasteiger partial charge in [0.05, 0.1) is 6.04 Å². The summed E-state index contributed by atoms with van der Waals surface area (Å²) in [7, 11) is 0. The number of aryl methyl sites for hydroxylation is 2. The molecule has 0 aliphatic heterocycles. The molecule has 2 rings (SSSR count). The third-order valence-corrected chi connectivity index (χ3v) is 3.31. The molecule has 0 aliphatic carbocycles. The Balaban J connectivity index is 2.19. The Hall–Kier alpha value is -1.72. The van der Waals surface area contributed by atoms with Crippen molar-refractivity contribution in [2.45, 2.75) is 39.3 Å². The monoisotopic (exact) mass is 259 g/mol. The lowest BCUT2D eigenvalue weighted by atomic mass is 10.0. The van der Waals surface area contributed by atoms with Crippen molar-refractivity contribution in [3.8, 4) is 0 Å². The summed E-state index contributed by atoms with van der Waals surface area (Å²) >= 11 is 0. The molecule has 1 unspecified atom stereocenters. The zero-order valence-corrected chi connectivity index (χ0v) is 11.5. The Kier molecular flexibility index (Phi) is 4.65. The predicted molar refractivity (Wildman–Crippen MR) is 75.3 cm³/mol. The van der Waals surface area contributed by atoms with Gasteiger partial charge in [0.25, 0.3) is 0 Å². The number of hydrogen-bond acceptors (Lipinski definition) is 4. The van der Waals surface area contributed by atoms with E-state index in [1.54, 1.807) is 6.20 Å². The Labute approximate surface area is 113 Å². The quantitative estimate of drug-likeness (QED) is 0.612. The molecule has 0 saturated heterocycles. The summed E-state index contributed by atoms with van der Waals surface area (Å²) in [5.74, 6) is 6.75. The number of imidazole rings is 1. The molecule has 0 aromatic carbocycles. The number of hydrazine groups is 1. The fraction of sp³-hybridized carbons (Fsp3) is 0.429. The van der Waals surface area contributed by atoms with Gasteiger partial charge in [-0.25, -0.2) is 4.98 Å². The summed E-state index contributed by atoms with van der Waals surface area (Å²) in [6.07, 6.45) is 9.38. The molecule has 0 amide bonds. The van der Waals surface area contributed by atoms with Crippen molar-refractivity contribution < 1.29 is 0 Å². The number of nitrogens with two attached hydrogens (primary N) is 1. The highest BCUT2D eigenvalue weighted by Gasteiger charge is 2.15. The first-order chi connectivity index (χ1) is 9.26.